The molecule has 1 N–H and O–H groups in total. The van der Waals surface area contributed by atoms with Gasteiger partial charge in [-0.3, -0.25) is 9.48 Å². The maximum atomic E-state index is 12.3. The standard InChI is InChI=1S/C25H21N3O4/c29-24(27-22-9-4-5-10-23(22)32-21-7-2-1-3-8-21)18-31-25(30)20-13-11-19(12-14-20)17-28-16-6-15-26-28/h1-16H,17-18H2,(H,27,29). The predicted octanol–water partition coefficient (Wildman–Crippen LogP) is 4.52. The molecule has 0 fully saturated rings. The molecule has 0 saturated heterocycles. The molecule has 0 atom stereocenters. The molecule has 7 heteroatoms. The minimum absolute atomic E-state index is 0.370. The van der Waals surface area contributed by atoms with Crippen LogP contribution in [-0.2, 0) is 16.1 Å². The van der Waals surface area contributed by atoms with E-state index in [4.69, 9.17) is 9.47 Å². The van der Waals surface area contributed by atoms with Crippen molar-refractivity contribution < 1.29 is 19.1 Å². The van der Waals surface area contributed by atoms with Gasteiger partial charge in [-0.25, -0.2) is 4.79 Å². The molecule has 1 aromatic heterocycles. The third-order valence-electron chi connectivity index (χ3n) is 4.56. The van der Waals surface area contributed by atoms with Gasteiger partial charge in [-0.05, 0) is 48.0 Å². The van der Waals surface area contributed by atoms with Gasteiger partial charge in [0.25, 0.3) is 5.91 Å². The van der Waals surface area contributed by atoms with Crippen LogP contribution in [0.25, 0.3) is 0 Å². The number of hydrogen-bond acceptors (Lipinski definition) is 5. The molecular weight excluding hydrogens is 406 g/mol. The summed E-state index contributed by atoms with van der Waals surface area (Å²) in [4.78, 5) is 24.6. The number of benzene rings is 3. The van der Waals surface area contributed by atoms with E-state index in [1.165, 1.54) is 0 Å². The molecule has 160 valence electrons. The van der Waals surface area contributed by atoms with Crippen molar-refractivity contribution in [1.82, 2.24) is 9.78 Å². The zero-order valence-electron chi connectivity index (χ0n) is 17.2. The molecule has 0 aliphatic carbocycles. The van der Waals surface area contributed by atoms with Crippen molar-refractivity contribution in [3.8, 4) is 11.5 Å². The number of ether oxygens (including phenoxy) is 2. The Morgan fingerprint density at radius 1 is 0.875 bits per heavy atom. The Bertz CT molecular complexity index is 1170. The highest BCUT2D eigenvalue weighted by Gasteiger charge is 2.13. The van der Waals surface area contributed by atoms with Crippen molar-refractivity contribution in [2.75, 3.05) is 11.9 Å². The fraction of sp³-hybridized carbons (Fsp3) is 0.0800. The van der Waals surface area contributed by atoms with Crippen LogP contribution in [0, 0.1) is 0 Å². The lowest BCUT2D eigenvalue weighted by Gasteiger charge is -2.12. The van der Waals surface area contributed by atoms with Crippen LogP contribution < -0.4 is 10.1 Å². The van der Waals surface area contributed by atoms with Crippen molar-refractivity contribution in [2.24, 2.45) is 0 Å². The quantitative estimate of drug-likeness (QED) is 0.418. The largest absolute Gasteiger partial charge is 0.455 e. The zero-order chi connectivity index (χ0) is 22.2. The van der Waals surface area contributed by atoms with Crippen LogP contribution in [0.15, 0.2) is 97.3 Å². The first kappa shape index (κ1) is 20.9. The second kappa shape index (κ2) is 10.1. The summed E-state index contributed by atoms with van der Waals surface area (Å²) in [6, 6.07) is 25.2. The molecule has 32 heavy (non-hydrogen) atoms. The Morgan fingerprint density at radius 2 is 1.62 bits per heavy atom. The Balaban J connectivity index is 1.31. The van der Waals surface area contributed by atoms with Crippen LogP contribution in [0.4, 0.5) is 5.69 Å². The Hall–Kier alpha value is -4.39. The minimum atomic E-state index is -0.570. The van der Waals surface area contributed by atoms with E-state index in [-0.39, 0.29) is 0 Å². The summed E-state index contributed by atoms with van der Waals surface area (Å²) in [7, 11) is 0. The highest BCUT2D eigenvalue weighted by atomic mass is 16.5. The molecule has 7 nitrogen and oxygen atoms in total. The lowest BCUT2D eigenvalue weighted by atomic mass is 10.1. The topological polar surface area (TPSA) is 82.5 Å². The molecule has 0 saturated carbocycles. The van der Waals surface area contributed by atoms with Crippen LogP contribution in [0.1, 0.15) is 15.9 Å². The SMILES string of the molecule is O=C(COC(=O)c1ccc(Cn2cccn2)cc1)Nc1ccccc1Oc1ccccc1. The fourth-order valence-electron chi connectivity index (χ4n) is 3.00. The third-order valence-corrected chi connectivity index (χ3v) is 4.56. The number of nitrogens with zero attached hydrogens (tertiary/aromatic N) is 2. The van der Waals surface area contributed by atoms with E-state index in [9.17, 15) is 9.59 Å². The van der Waals surface area contributed by atoms with Crippen molar-refractivity contribution in [1.29, 1.82) is 0 Å². The van der Waals surface area contributed by atoms with Crippen LogP contribution in [0.2, 0.25) is 0 Å². The number of esters is 1. The average Bonchev–Trinajstić information content (AvgIpc) is 3.33. The molecule has 1 amide bonds. The van der Waals surface area contributed by atoms with E-state index < -0.39 is 18.5 Å². The normalized spacial score (nSPS) is 10.4. The number of rotatable bonds is 8. The van der Waals surface area contributed by atoms with Gasteiger partial charge in [0.1, 0.15) is 5.75 Å². The minimum Gasteiger partial charge on any atom is -0.455 e. The second-order valence-corrected chi connectivity index (χ2v) is 6.94. The van der Waals surface area contributed by atoms with Crippen LogP contribution in [0.3, 0.4) is 0 Å². The van der Waals surface area contributed by atoms with Crippen LogP contribution in [0.5, 0.6) is 11.5 Å². The van der Waals surface area contributed by atoms with Crippen molar-refractivity contribution in [3.63, 3.8) is 0 Å². The summed E-state index contributed by atoms with van der Waals surface area (Å²) >= 11 is 0. The predicted molar refractivity (Wildman–Crippen MR) is 120 cm³/mol. The summed E-state index contributed by atoms with van der Waals surface area (Å²) in [6.07, 6.45) is 3.58. The van der Waals surface area contributed by atoms with Crippen LogP contribution >= 0.6 is 0 Å². The number of nitrogens with one attached hydrogen (secondary N) is 1. The number of anilines is 1. The van der Waals surface area contributed by atoms with Gasteiger partial charge in [-0.1, -0.05) is 42.5 Å². The number of para-hydroxylation sites is 3. The molecule has 0 unspecified atom stereocenters. The number of amides is 1. The maximum Gasteiger partial charge on any atom is 0.338 e. The van der Waals surface area contributed by atoms with Gasteiger partial charge >= 0.3 is 5.97 Å². The van der Waals surface area contributed by atoms with Gasteiger partial charge in [-0.15, -0.1) is 0 Å². The van der Waals surface area contributed by atoms with Gasteiger partial charge in [0, 0.05) is 12.4 Å². The van der Waals surface area contributed by atoms with Gasteiger partial charge in [-0.2, -0.15) is 5.10 Å². The second-order valence-electron chi connectivity index (χ2n) is 6.94. The summed E-state index contributed by atoms with van der Waals surface area (Å²) in [5.41, 5.74) is 1.85. The summed E-state index contributed by atoms with van der Waals surface area (Å²) in [6.45, 7) is 0.197. The Kier molecular flexibility index (Phi) is 6.57. The smallest absolute Gasteiger partial charge is 0.338 e. The monoisotopic (exact) mass is 427 g/mol. The lowest BCUT2D eigenvalue weighted by Crippen LogP contribution is -2.21. The van der Waals surface area contributed by atoms with Crippen molar-refractivity contribution in [2.45, 2.75) is 6.54 Å². The Morgan fingerprint density at radius 3 is 2.38 bits per heavy atom. The summed E-state index contributed by atoms with van der Waals surface area (Å²) in [5.74, 6) is 0.111. The van der Waals surface area contributed by atoms with E-state index in [0.29, 0.717) is 29.3 Å². The third kappa shape index (κ3) is 5.60. The number of hydrogen-bond donors (Lipinski definition) is 1. The van der Waals surface area contributed by atoms with Gasteiger partial charge in [0.2, 0.25) is 0 Å². The first-order chi connectivity index (χ1) is 15.7. The molecule has 0 aliphatic rings. The van der Waals surface area contributed by atoms with Crippen LogP contribution in [-0.4, -0.2) is 28.3 Å². The molecule has 1 heterocycles. The zero-order valence-corrected chi connectivity index (χ0v) is 17.2. The van der Waals surface area contributed by atoms with Crippen molar-refractivity contribution >= 4 is 17.6 Å². The van der Waals surface area contributed by atoms with Gasteiger partial charge in [0.05, 0.1) is 17.8 Å². The molecule has 0 spiro atoms. The molecule has 4 aromatic rings. The van der Waals surface area contributed by atoms with Crippen molar-refractivity contribution in [3.05, 3.63) is 108 Å². The average molecular weight is 427 g/mol. The number of aromatic nitrogens is 2. The first-order valence-electron chi connectivity index (χ1n) is 10.0. The molecule has 0 aliphatic heterocycles. The van der Waals surface area contributed by atoms with E-state index in [2.05, 4.69) is 10.4 Å². The molecule has 0 bridgehead atoms. The first-order valence-corrected chi connectivity index (χ1v) is 10.0. The Labute approximate surface area is 185 Å². The molecule has 3 aromatic carbocycles. The van der Waals surface area contributed by atoms with E-state index in [0.717, 1.165) is 5.56 Å². The molecular formula is C25H21N3O4. The van der Waals surface area contributed by atoms with E-state index in [1.54, 1.807) is 41.2 Å². The van der Waals surface area contributed by atoms with E-state index in [1.807, 2.05) is 60.8 Å². The highest BCUT2D eigenvalue weighted by molar-refractivity contribution is 5.96. The summed E-state index contributed by atoms with van der Waals surface area (Å²) in [5, 5.41) is 6.87. The highest BCUT2D eigenvalue weighted by Crippen LogP contribution is 2.29. The molecule has 0 radical (unpaired) electrons. The maximum absolute atomic E-state index is 12.3. The lowest BCUT2D eigenvalue weighted by molar-refractivity contribution is -0.119. The number of carbonyl (C=O) groups excluding carboxylic acids is 2. The summed E-state index contributed by atoms with van der Waals surface area (Å²) < 4.78 is 12.8. The van der Waals surface area contributed by atoms with Gasteiger partial charge < -0.3 is 14.8 Å². The van der Waals surface area contributed by atoms with E-state index >= 15 is 0 Å². The molecule has 4 rings (SSSR count). The number of carbonyl (C=O) groups is 2. The van der Waals surface area contributed by atoms with Gasteiger partial charge in [0.15, 0.2) is 12.4 Å². The fourth-order valence-corrected chi connectivity index (χ4v) is 3.00.